The highest BCUT2D eigenvalue weighted by Crippen LogP contribution is 2.12. The van der Waals surface area contributed by atoms with Gasteiger partial charge in [-0.05, 0) is 83.5 Å². The molecule has 0 heterocycles. The number of hydrogen-bond acceptors (Lipinski definition) is 6. The van der Waals surface area contributed by atoms with Crippen LogP contribution in [0.3, 0.4) is 0 Å². The molecule has 0 rings (SSSR count). The Morgan fingerprint density at radius 3 is 1.31 bits per heavy atom. The monoisotopic (exact) mass is 807 g/mol. The molecule has 0 fully saturated rings. The maximum Gasteiger partial charge on any atom is 0.306 e. The van der Waals surface area contributed by atoms with E-state index in [1.165, 1.54) is 83.5 Å². The van der Waals surface area contributed by atoms with E-state index in [1.54, 1.807) is 0 Å². The van der Waals surface area contributed by atoms with Crippen molar-refractivity contribution in [1.29, 1.82) is 0 Å². The number of allylic oxidation sites excluding steroid dienone is 14. The third-order valence-electron chi connectivity index (χ3n) is 9.71. The smallest absolute Gasteiger partial charge is 0.306 e. The second-order valence-electron chi connectivity index (χ2n) is 15.4. The van der Waals surface area contributed by atoms with Crippen molar-refractivity contribution >= 4 is 17.9 Å². The summed E-state index contributed by atoms with van der Waals surface area (Å²) in [7, 11) is 0. The van der Waals surface area contributed by atoms with Gasteiger partial charge in [-0.2, -0.15) is 0 Å². The fourth-order valence-electron chi connectivity index (χ4n) is 6.15. The number of ether oxygens (including phenoxy) is 3. The molecule has 0 bridgehead atoms. The standard InChI is InChI=1S/C52H86O6/c1-4-7-10-13-16-19-22-25-28-30-33-36-39-42-45-51(54)57-48-49(58-52(55)46-43-40-37-34-31-27-24-21-18-15-12-9-6-3)47-56-50(53)44-41-38-35-32-29-26-23-20-17-14-11-8-5-2/h9,12,15,18,21,24,26-31,35,38,49H,4-8,10-11,13-14,16-17,19-20,22-23,25,32-34,36-37,39-48H2,1-3H3/b12-9-,18-15-,24-21-,29-26-,30-28-,31-27-,38-35-. The summed E-state index contributed by atoms with van der Waals surface area (Å²) < 4.78 is 16.6. The van der Waals surface area contributed by atoms with Crippen LogP contribution in [0, 0.1) is 0 Å². The Labute approximate surface area is 356 Å². The SMILES string of the molecule is CC\C=C/C=C\C=C/C=C\CCCCCC(=O)OC(COC(=O)CC/C=C\C/C=C\CCCCCCCC)COC(=O)CCCCC/C=C\CCCCCCCCC. The number of carbonyl (C=O) groups is 3. The molecule has 0 aliphatic heterocycles. The summed E-state index contributed by atoms with van der Waals surface area (Å²) in [5, 5.41) is 0. The Kier molecular flexibility index (Phi) is 43.6. The molecule has 0 aromatic carbocycles. The van der Waals surface area contributed by atoms with Gasteiger partial charge in [0.25, 0.3) is 0 Å². The van der Waals surface area contributed by atoms with E-state index in [1.807, 2.05) is 42.5 Å². The molecule has 0 spiro atoms. The molecule has 0 aliphatic carbocycles. The quantitative estimate of drug-likeness (QED) is 0.0201. The highest BCUT2D eigenvalue weighted by molar-refractivity contribution is 5.71. The average Bonchev–Trinajstić information content (AvgIpc) is 3.22. The molecule has 1 atom stereocenters. The second kappa shape index (κ2) is 46.3. The highest BCUT2D eigenvalue weighted by atomic mass is 16.6. The number of rotatable bonds is 41. The Hall–Kier alpha value is -3.41. The molecule has 0 aromatic rings. The molecular weight excluding hydrogens is 721 g/mol. The molecule has 1 unspecified atom stereocenters. The largest absolute Gasteiger partial charge is 0.462 e. The normalized spacial score (nSPS) is 12.8. The molecule has 0 aromatic heterocycles. The molecule has 0 saturated heterocycles. The van der Waals surface area contributed by atoms with Crippen molar-refractivity contribution in [1.82, 2.24) is 0 Å². The van der Waals surface area contributed by atoms with Crippen LogP contribution < -0.4 is 0 Å². The molecule has 0 aliphatic rings. The minimum Gasteiger partial charge on any atom is -0.462 e. The summed E-state index contributed by atoms with van der Waals surface area (Å²) in [6.45, 7) is 6.36. The summed E-state index contributed by atoms with van der Waals surface area (Å²) in [5.74, 6) is -1.05. The zero-order valence-electron chi connectivity index (χ0n) is 37.5. The van der Waals surface area contributed by atoms with E-state index >= 15 is 0 Å². The maximum atomic E-state index is 12.7. The van der Waals surface area contributed by atoms with Gasteiger partial charge in [-0.15, -0.1) is 0 Å². The minimum atomic E-state index is -0.824. The van der Waals surface area contributed by atoms with Gasteiger partial charge in [0.05, 0.1) is 0 Å². The molecule has 0 radical (unpaired) electrons. The van der Waals surface area contributed by atoms with Crippen LogP contribution in [-0.2, 0) is 28.6 Å². The average molecular weight is 807 g/mol. The van der Waals surface area contributed by atoms with Crippen molar-refractivity contribution in [2.45, 2.75) is 213 Å². The highest BCUT2D eigenvalue weighted by Gasteiger charge is 2.19. The summed E-state index contributed by atoms with van der Waals surface area (Å²) in [6.07, 6.45) is 58.7. The second-order valence-corrected chi connectivity index (χ2v) is 15.4. The molecule has 0 amide bonds. The topological polar surface area (TPSA) is 78.9 Å². The summed E-state index contributed by atoms with van der Waals surface area (Å²) in [5.41, 5.74) is 0. The molecular formula is C52H86O6. The van der Waals surface area contributed by atoms with Gasteiger partial charge >= 0.3 is 17.9 Å². The Morgan fingerprint density at radius 1 is 0.379 bits per heavy atom. The summed E-state index contributed by atoms with van der Waals surface area (Å²) in [4.78, 5) is 37.8. The molecule has 0 N–H and O–H groups in total. The lowest BCUT2D eigenvalue weighted by Crippen LogP contribution is -2.30. The first-order chi connectivity index (χ1) is 28.5. The van der Waals surface area contributed by atoms with Gasteiger partial charge < -0.3 is 14.2 Å². The number of esters is 3. The summed E-state index contributed by atoms with van der Waals surface area (Å²) >= 11 is 0. The van der Waals surface area contributed by atoms with E-state index in [4.69, 9.17) is 14.2 Å². The fraction of sp³-hybridized carbons (Fsp3) is 0.673. The predicted molar refractivity (Wildman–Crippen MR) is 247 cm³/mol. The zero-order chi connectivity index (χ0) is 42.3. The van der Waals surface area contributed by atoms with Gasteiger partial charge in [0, 0.05) is 19.3 Å². The Bertz CT molecular complexity index is 1160. The molecule has 330 valence electrons. The predicted octanol–water partition coefficient (Wildman–Crippen LogP) is 15.3. The van der Waals surface area contributed by atoms with Crippen molar-refractivity contribution in [2.75, 3.05) is 13.2 Å². The lowest BCUT2D eigenvalue weighted by atomic mass is 10.1. The third kappa shape index (κ3) is 43.7. The van der Waals surface area contributed by atoms with E-state index in [2.05, 4.69) is 63.3 Å². The fourth-order valence-corrected chi connectivity index (χ4v) is 6.15. The van der Waals surface area contributed by atoms with Crippen LogP contribution in [0.2, 0.25) is 0 Å². The first-order valence-corrected chi connectivity index (χ1v) is 23.6. The number of hydrogen-bond donors (Lipinski definition) is 0. The van der Waals surface area contributed by atoms with Crippen LogP contribution in [0.1, 0.15) is 207 Å². The van der Waals surface area contributed by atoms with Crippen molar-refractivity contribution < 1.29 is 28.6 Å². The van der Waals surface area contributed by atoms with E-state index < -0.39 is 6.10 Å². The Morgan fingerprint density at radius 2 is 0.776 bits per heavy atom. The summed E-state index contributed by atoms with van der Waals surface area (Å²) in [6, 6.07) is 0. The van der Waals surface area contributed by atoms with Crippen molar-refractivity contribution in [2.24, 2.45) is 0 Å². The maximum absolute atomic E-state index is 12.7. The molecule has 58 heavy (non-hydrogen) atoms. The Balaban J connectivity index is 4.55. The van der Waals surface area contributed by atoms with Crippen LogP contribution in [-0.4, -0.2) is 37.2 Å². The lowest BCUT2D eigenvalue weighted by Gasteiger charge is -2.18. The third-order valence-corrected chi connectivity index (χ3v) is 9.71. The van der Waals surface area contributed by atoms with Gasteiger partial charge in [0.2, 0.25) is 0 Å². The van der Waals surface area contributed by atoms with Crippen LogP contribution in [0.25, 0.3) is 0 Å². The van der Waals surface area contributed by atoms with Gasteiger partial charge in [0.1, 0.15) is 13.2 Å². The van der Waals surface area contributed by atoms with Crippen LogP contribution >= 0.6 is 0 Å². The van der Waals surface area contributed by atoms with Crippen molar-refractivity contribution in [3.63, 3.8) is 0 Å². The first-order valence-electron chi connectivity index (χ1n) is 23.6. The molecule has 6 nitrogen and oxygen atoms in total. The number of unbranched alkanes of at least 4 members (excludes halogenated alkanes) is 19. The van der Waals surface area contributed by atoms with Gasteiger partial charge in [0.15, 0.2) is 6.10 Å². The number of carbonyl (C=O) groups excluding carboxylic acids is 3. The van der Waals surface area contributed by atoms with E-state index in [-0.39, 0.29) is 44.0 Å². The van der Waals surface area contributed by atoms with Gasteiger partial charge in [-0.3, -0.25) is 14.4 Å². The van der Waals surface area contributed by atoms with E-state index in [0.717, 1.165) is 70.6 Å². The van der Waals surface area contributed by atoms with E-state index in [9.17, 15) is 14.4 Å². The zero-order valence-corrected chi connectivity index (χ0v) is 37.5. The van der Waals surface area contributed by atoms with Crippen LogP contribution in [0.4, 0.5) is 0 Å². The van der Waals surface area contributed by atoms with Gasteiger partial charge in [-0.1, -0.05) is 189 Å². The van der Waals surface area contributed by atoms with Crippen molar-refractivity contribution in [3.8, 4) is 0 Å². The van der Waals surface area contributed by atoms with Gasteiger partial charge in [-0.25, -0.2) is 0 Å². The first kappa shape index (κ1) is 54.6. The van der Waals surface area contributed by atoms with Crippen LogP contribution in [0.15, 0.2) is 85.1 Å². The lowest BCUT2D eigenvalue weighted by molar-refractivity contribution is -0.166. The molecule has 0 saturated carbocycles. The van der Waals surface area contributed by atoms with Crippen LogP contribution in [0.5, 0.6) is 0 Å². The van der Waals surface area contributed by atoms with Crippen molar-refractivity contribution in [3.05, 3.63) is 85.1 Å². The van der Waals surface area contributed by atoms with E-state index in [0.29, 0.717) is 19.3 Å². The molecule has 6 heteroatoms. The minimum absolute atomic E-state index is 0.118.